The van der Waals surface area contributed by atoms with E-state index in [1.54, 1.807) is 38.4 Å². The molecule has 1 heterocycles. The van der Waals surface area contributed by atoms with Crippen LogP contribution in [0.2, 0.25) is 0 Å². The van der Waals surface area contributed by atoms with Crippen LogP contribution in [-0.4, -0.2) is 63.2 Å². The summed E-state index contributed by atoms with van der Waals surface area (Å²) in [5.74, 6) is 0.412. The average molecular weight is 358 g/mol. The van der Waals surface area contributed by atoms with E-state index in [0.29, 0.717) is 31.1 Å². The highest BCUT2D eigenvalue weighted by Gasteiger charge is 2.16. The number of benzene rings is 1. The first kappa shape index (κ1) is 20.2. The average Bonchev–Trinajstić information content (AvgIpc) is 2.54. The second-order valence-corrected chi connectivity index (χ2v) is 5.58. The molecular formula is C16H24ClN3O4. The van der Waals surface area contributed by atoms with Crippen molar-refractivity contribution in [1.29, 1.82) is 0 Å². The van der Waals surface area contributed by atoms with Gasteiger partial charge in [-0.3, -0.25) is 9.59 Å². The van der Waals surface area contributed by atoms with Gasteiger partial charge in [-0.2, -0.15) is 0 Å². The maximum Gasteiger partial charge on any atom is 0.259 e. The zero-order chi connectivity index (χ0) is 16.7. The van der Waals surface area contributed by atoms with Crippen molar-refractivity contribution in [3.63, 3.8) is 0 Å². The molecule has 1 aromatic carbocycles. The monoisotopic (exact) mass is 357 g/mol. The van der Waals surface area contributed by atoms with Gasteiger partial charge in [0.1, 0.15) is 5.75 Å². The molecule has 134 valence electrons. The molecule has 1 saturated heterocycles. The van der Waals surface area contributed by atoms with Crippen molar-refractivity contribution in [2.75, 3.05) is 45.8 Å². The van der Waals surface area contributed by atoms with Gasteiger partial charge in [0.15, 0.2) is 6.61 Å². The summed E-state index contributed by atoms with van der Waals surface area (Å²) in [5.41, 5.74) is 0.693. The summed E-state index contributed by atoms with van der Waals surface area (Å²) in [7, 11) is 3.35. The van der Waals surface area contributed by atoms with E-state index in [0.717, 1.165) is 6.54 Å². The molecule has 7 nitrogen and oxygen atoms in total. The Balaban J connectivity index is 0.00000288. The summed E-state index contributed by atoms with van der Waals surface area (Å²) in [6, 6.07) is 7.00. The van der Waals surface area contributed by atoms with E-state index in [9.17, 15) is 9.59 Å². The lowest BCUT2D eigenvalue weighted by atomic mass is 10.2. The third-order valence-corrected chi connectivity index (χ3v) is 3.43. The van der Waals surface area contributed by atoms with Gasteiger partial charge in [-0.05, 0) is 24.3 Å². The summed E-state index contributed by atoms with van der Waals surface area (Å²) in [6.45, 7) is 2.01. The maximum absolute atomic E-state index is 12.0. The predicted octanol–water partition coefficient (Wildman–Crippen LogP) is 0.892. The summed E-state index contributed by atoms with van der Waals surface area (Å²) >= 11 is 0. The van der Waals surface area contributed by atoms with E-state index >= 15 is 0 Å². The van der Waals surface area contributed by atoms with Crippen molar-refractivity contribution in [3.8, 4) is 5.75 Å². The number of nitrogens with zero attached hydrogens (tertiary/aromatic N) is 1. The first-order valence-corrected chi connectivity index (χ1v) is 7.58. The van der Waals surface area contributed by atoms with Gasteiger partial charge in [-0.25, -0.2) is 0 Å². The van der Waals surface area contributed by atoms with Crippen LogP contribution in [0.1, 0.15) is 6.42 Å². The highest BCUT2D eigenvalue weighted by Crippen LogP contribution is 2.16. The number of ether oxygens (including phenoxy) is 2. The normalized spacial score (nSPS) is 16.7. The molecule has 1 fully saturated rings. The predicted molar refractivity (Wildman–Crippen MR) is 93.7 cm³/mol. The maximum atomic E-state index is 12.0. The fourth-order valence-electron chi connectivity index (χ4n) is 2.10. The number of nitrogens with one attached hydrogen (secondary N) is 2. The minimum absolute atomic E-state index is 0. The number of amides is 2. The molecule has 0 spiro atoms. The largest absolute Gasteiger partial charge is 0.484 e. The molecule has 0 aliphatic carbocycles. The molecule has 1 aliphatic rings. The van der Waals surface area contributed by atoms with E-state index in [2.05, 4.69) is 10.6 Å². The van der Waals surface area contributed by atoms with Crippen LogP contribution in [0.4, 0.5) is 5.69 Å². The van der Waals surface area contributed by atoms with Gasteiger partial charge >= 0.3 is 0 Å². The molecule has 2 rings (SSSR count). The van der Waals surface area contributed by atoms with Crippen LogP contribution in [0.15, 0.2) is 24.3 Å². The van der Waals surface area contributed by atoms with Gasteiger partial charge in [0, 0.05) is 38.8 Å². The minimum Gasteiger partial charge on any atom is -0.484 e. The van der Waals surface area contributed by atoms with E-state index in [-0.39, 0.29) is 36.9 Å². The van der Waals surface area contributed by atoms with Crippen LogP contribution in [0, 0.1) is 0 Å². The first-order chi connectivity index (χ1) is 11.0. The van der Waals surface area contributed by atoms with Gasteiger partial charge in [0.05, 0.1) is 13.2 Å². The van der Waals surface area contributed by atoms with Crippen molar-refractivity contribution in [2.45, 2.75) is 12.5 Å². The Kier molecular flexibility index (Phi) is 8.53. The number of halogens is 1. The summed E-state index contributed by atoms with van der Waals surface area (Å²) in [5, 5.41) is 6.07. The Morgan fingerprint density at radius 1 is 1.33 bits per heavy atom. The Bertz CT molecular complexity index is 531. The number of hydrogen-bond donors (Lipinski definition) is 2. The number of hydrogen-bond acceptors (Lipinski definition) is 5. The molecule has 0 saturated carbocycles. The highest BCUT2D eigenvalue weighted by atomic mass is 35.5. The quantitative estimate of drug-likeness (QED) is 0.790. The van der Waals surface area contributed by atoms with Crippen molar-refractivity contribution in [2.24, 2.45) is 0 Å². The number of carbonyl (C=O) groups is 2. The molecule has 2 amide bonds. The smallest absolute Gasteiger partial charge is 0.259 e. The zero-order valence-electron chi connectivity index (χ0n) is 13.9. The minimum atomic E-state index is -0.107. The molecule has 1 unspecified atom stereocenters. The summed E-state index contributed by atoms with van der Waals surface area (Å²) in [4.78, 5) is 24.9. The molecule has 1 aliphatic heterocycles. The zero-order valence-corrected chi connectivity index (χ0v) is 14.7. The lowest BCUT2D eigenvalue weighted by Gasteiger charge is -2.23. The van der Waals surface area contributed by atoms with Crippen molar-refractivity contribution >= 4 is 29.9 Å². The third-order valence-electron chi connectivity index (χ3n) is 3.43. The fourth-order valence-corrected chi connectivity index (χ4v) is 2.10. The van der Waals surface area contributed by atoms with Crippen LogP contribution in [0.25, 0.3) is 0 Å². The van der Waals surface area contributed by atoms with E-state index in [1.807, 2.05) is 0 Å². The molecule has 8 heteroatoms. The molecule has 0 aromatic heterocycles. The molecule has 0 radical (unpaired) electrons. The first-order valence-electron chi connectivity index (χ1n) is 7.58. The fraction of sp³-hybridized carbons (Fsp3) is 0.500. The van der Waals surface area contributed by atoms with Crippen LogP contribution in [-0.2, 0) is 14.3 Å². The lowest BCUT2D eigenvalue weighted by molar-refractivity contribution is -0.130. The summed E-state index contributed by atoms with van der Waals surface area (Å²) in [6.07, 6.45) is 0.371. The highest BCUT2D eigenvalue weighted by molar-refractivity contribution is 5.91. The Hall–Kier alpha value is -1.83. The standard InChI is InChI=1S/C16H23N3O4.ClH/c1-19(2)16(21)11-23-14-5-3-12(4-6-14)18-15(20)9-13-10-22-8-7-17-13;/h3-6,13,17H,7-11H2,1-2H3,(H,18,20);1H. The number of likely N-dealkylation sites (N-methyl/N-ethyl adjacent to an activating group) is 1. The van der Waals surface area contributed by atoms with E-state index < -0.39 is 0 Å². The van der Waals surface area contributed by atoms with Crippen LogP contribution in [0.3, 0.4) is 0 Å². The Morgan fingerprint density at radius 2 is 2.04 bits per heavy atom. The van der Waals surface area contributed by atoms with Gasteiger partial charge in [-0.15, -0.1) is 12.4 Å². The van der Waals surface area contributed by atoms with Gasteiger partial charge in [0.25, 0.3) is 5.91 Å². The van der Waals surface area contributed by atoms with Crippen LogP contribution < -0.4 is 15.4 Å². The van der Waals surface area contributed by atoms with Gasteiger partial charge in [-0.1, -0.05) is 0 Å². The Morgan fingerprint density at radius 3 is 2.62 bits per heavy atom. The second-order valence-electron chi connectivity index (χ2n) is 5.58. The number of anilines is 1. The molecular weight excluding hydrogens is 334 g/mol. The molecule has 2 N–H and O–H groups in total. The number of carbonyl (C=O) groups excluding carboxylic acids is 2. The molecule has 0 bridgehead atoms. The van der Waals surface area contributed by atoms with Gasteiger partial charge in [0.2, 0.25) is 5.91 Å². The SMILES string of the molecule is CN(C)C(=O)COc1ccc(NC(=O)CC2COCCN2)cc1.Cl. The van der Waals surface area contributed by atoms with E-state index in [4.69, 9.17) is 9.47 Å². The Labute approximate surface area is 148 Å². The van der Waals surface area contributed by atoms with Crippen LogP contribution >= 0.6 is 12.4 Å². The van der Waals surface area contributed by atoms with E-state index in [1.165, 1.54) is 4.90 Å². The molecule has 1 aromatic rings. The lowest BCUT2D eigenvalue weighted by Crippen LogP contribution is -2.43. The third kappa shape index (κ3) is 6.74. The second kappa shape index (κ2) is 10.1. The van der Waals surface area contributed by atoms with Gasteiger partial charge < -0.3 is 25.0 Å². The molecule has 24 heavy (non-hydrogen) atoms. The van der Waals surface area contributed by atoms with Crippen molar-refractivity contribution in [1.82, 2.24) is 10.2 Å². The summed E-state index contributed by atoms with van der Waals surface area (Å²) < 4.78 is 10.7. The topological polar surface area (TPSA) is 79.9 Å². The number of rotatable bonds is 6. The van der Waals surface area contributed by atoms with Crippen LogP contribution in [0.5, 0.6) is 5.75 Å². The van der Waals surface area contributed by atoms with Crippen molar-refractivity contribution in [3.05, 3.63) is 24.3 Å². The molecule has 1 atom stereocenters. The number of morpholine rings is 1. The van der Waals surface area contributed by atoms with Crippen molar-refractivity contribution < 1.29 is 19.1 Å².